The van der Waals surface area contributed by atoms with Gasteiger partial charge in [0.15, 0.2) is 25.0 Å². The van der Waals surface area contributed by atoms with E-state index in [9.17, 15) is 0 Å². The van der Waals surface area contributed by atoms with Crippen LogP contribution in [0.1, 0.15) is 64.2 Å². The minimum absolute atomic E-state index is 0.983. The summed E-state index contributed by atoms with van der Waals surface area (Å²) in [4.78, 5) is 0. The van der Waals surface area contributed by atoms with Crippen LogP contribution in [-0.2, 0) is 21.2 Å². The predicted octanol–water partition coefficient (Wildman–Crippen LogP) is 8.75. The number of rotatable bonds is 21. The van der Waals surface area contributed by atoms with Crippen molar-refractivity contribution in [3.05, 3.63) is 0 Å². The predicted molar refractivity (Wildman–Crippen MR) is 160 cm³/mol. The maximum absolute atomic E-state index is 6.79. The van der Waals surface area contributed by atoms with Crippen molar-refractivity contribution >= 4 is 42.3 Å². The van der Waals surface area contributed by atoms with E-state index >= 15 is 0 Å². The Balaban J connectivity index is 4.34. The molecule has 0 heterocycles. The molecule has 0 aromatic rings. The third-order valence-electron chi connectivity index (χ3n) is 5.61. The number of hydrogen-bond acceptors (Lipinski definition) is 5. The van der Waals surface area contributed by atoms with E-state index in [4.69, 9.17) is 21.2 Å². The van der Waals surface area contributed by atoms with Crippen LogP contribution in [0.25, 0.3) is 0 Å². The van der Waals surface area contributed by atoms with E-state index in [2.05, 4.69) is 65.5 Å². The molecule has 0 atom stereocenters. The lowest BCUT2D eigenvalue weighted by Crippen LogP contribution is -2.60. The van der Waals surface area contributed by atoms with Crippen LogP contribution in [0.4, 0.5) is 0 Å². The molecular formula is C24H60O5Si5. The monoisotopic (exact) mass is 568 g/mol. The molecular weight excluding hydrogens is 509 g/mol. The van der Waals surface area contributed by atoms with Gasteiger partial charge in [-0.3, -0.25) is 0 Å². The average Bonchev–Trinajstić information content (AvgIpc) is 2.64. The lowest BCUT2D eigenvalue weighted by Gasteiger charge is -2.43. The quantitative estimate of drug-likeness (QED) is 0.102. The summed E-state index contributed by atoms with van der Waals surface area (Å²) >= 11 is 0. The van der Waals surface area contributed by atoms with Gasteiger partial charge in [0, 0.05) is 20.3 Å². The minimum Gasteiger partial charge on any atom is -0.417 e. The van der Waals surface area contributed by atoms with Crippen LogP contribution < -0.4 is 0 Å². The first-order valence-electron chi connectivity index (χ1n) is 13.7. The van der Waals surface area contributed by atoms with Crippen molar-refractivity contribution in [3.8, 4) is 0 Å². The molecule has 0 aliphatic carbocycles. The highest BCUT2D eigenvalue weighted by molar-refractivity contribution is 6.90. The largest absolute Gasteiger partial charge is 0.469 e. The zero-order chi connectivity index (χ0) is 26.5. The molecule has 0 saturated carbocycles. The lowest BCUT2D eigenvalue weighted by atomic mass is 10.1. The fourth-order valence-corrected chi connectivity index (χ4v) is 20.3. The Bertz CT molecular complexity index is 485. The normalized spacial score (nSPS) is 14.1. The summed E-state index contributed by atoms with van der Waals surface area (Å²) in [6, 6.07) is 2.09. The van der Waals surface area contributed by atoms with E-state index in [1.807, 2.05) is 0 Å². The van der Waals surface area contributed by atoms with Crippen molar-refractivity contribution in [1.29, 1.82) is 0 Å². The van der Waals surface area contributed by atoms with Crippen LogP contribution >= 0.6 is 0 Å². The molecule has 0 N–H and O–H groups in total. The molecule has 34 heavy (non-hydrogen) atoms. The molecule has 0 aromatic carbocycles. The zero-order valence-electron chi connectivity index (χ0n) is 25.0. The molecule has 0 spiro atoms. The first kappa shape index (κ1) is 34.9. The van der Waals surface area contributed by atoms with Gasteiger partial charge < -0.3 is 21.2 Å². The fourth-order valence-electron chi connectivity index (χ4n) is 4.10. The highest BCUT2D eigenvalue weighted by atomic mass is 28.5. The summed E-state index contributed by atoms with van der Waals surface area (Å²) in [5.41, 5.74) is 0. The second kappa shape index (κ2) is 16.0. The Morgan fingerprint density at radius 3 is 0.912 bits per heavy atom. The minimum atomic E-state index is -2.64. The summed E-state index contributed by atoms with van der Waals surface area (Å²) in [6.07, 6.45) is 13.0. The summed E-state index contributed by atoms with van der Waals surface area (Å²) in [5.74, 6) is 0. The summed E-state index contributed by atoms with van der Waals surface area (Å²) < 4.78 is 31.5. The standard InChI is InChI=1S/C24H60O5Si5/c1-25-33(12,26-2)23-21-19-17-15-13-14-16-18-20-22-24-34(27-30(3,4)5,28-31(6,7)8)29-32(9,10)11/h13-24H2,1-12H3. The molecule has 0 saturated heterocycles. The Labute approximate surface area is 219 Å². The second-order valence-electron chi connectivity index (χ2n) is 12.9. The van der Waals surface area contributed by atoms with Crippen LogP contribution in [0.5, 0.6) is 0 Å². The molecule has 0 bridgehead atoms. The molecule has 5 nitrogen and oxygen atoms in total. The Kier molecular flexibility index (Phi) is 16.4. The van der Waals surface area contributed by atoms with E-state index < -0.39 is 42.3 Å². The summed E-state index contributed by atoms with van der Waals surface area (Å²) in [5, 5.41) is 0. The van der Waals surface area contributed by atoms with Crippen molar-refractivity contribution in [1.82, 2.24) is 0 Å². The van der Waals surface area contributed by atoms with Gasteiger partial charge in [0.1, 0.15) is 0 Å². The first-order chi connectivity index (χ1) is 15.4. The van der Waals surface area contributed by atoms with Gasteiger partial charge in [-0.1, -0.05) is 57.8 Å². The first-order valence-corrected chi connectivity index (χ1v) is 28.3. The van der Waals surface area contributed by atoms with E-state index in [0.29, 0.717) is 0 Å². The van der Waals surface area contributed by atoms with Gasteiger partial charge in [-0.2, -0.15) is 0 Å². The lowest BCUT2D eigenvalue weighted by molar-refractivity contribution is 0.247. The van der Waals surface area contributed by atoms with E-state index in [0.717, 1.165) is 18.5 Å². The van der Waals surface area contributed by atoms with E-state index in [-0.39, 0.29) is 0 Å². The Morgan fingerprint density at radius 1 is 0.382 bits per heavy atom. The van der Waals surface area contributed by atoms with Crippen molar-refractivity contribution in [2.75, 3.05) is 14.2 Å². The van der Waals surface area contributed by atoms with Crippen LogP contribution in [-0.4, -0.2) is 56.5 Å². The van der Waals surface area contributed by atoms with Gasteiger partial charge in [-0.05, 0) is 77.9 Å². The van der Waals surface area contributed by atoms with Crippen LogP contribution in [0.2, 0.25) is 77.6 Å². The van der Waals surface area contributed by atoms with Gasteiger partial charge in [0.25, 0.3) is 0 Å². The third-order valence-corrected chi connectivity index (χ3v) is 20.6. The average molecular weight is 569 g/mol. The molecule has 0 rings (SSSR count). The van der Waals surface area contributed by atoms with Crippen molar-refractivity contribution in [2.24, 2.45) is 0 Å². The van der Waals surface area contributed by atoms with Crippen molar-refractivity contribution < 1.29 is 21.2 Å². The molecule has 10 heteroatoms. The highest BCUT2D eigenvalue weighted by Gasteiger charge is 2.49. The molecule has 0 amide bonds. The molecule has 206 valence electrons. The fraction of sp³-hybridized carbons (Fsp3) is 1.00. The SMILES string of the molecule is CO[Si](C)(CCCCCCCCCCCC[Si](O[Si](C)(C)C)(O[Si](C)(C)C)O[Si](C)(C)C)OC. The van der Waals surface area contributed by atoms with Crippen LogP contribution in [0.15, 0.2) is 0 Å². The summed E-state index contributed by atoms with van der Waals surface area (Å²) in [7, 11) is -6.22. The topological polar surface area (TPSA) is 46.2 Å². The van der Waals surface area contributed by atoms with Crippen molar-refractivity contribution in [2.45, 2.75) is 142 Å². The van der Waals surface area contributed by atoms with Crippen LogP contribution in [0.3, 0.4) is 0 Å². The Hall–Kier alpha value is 0.884. The number of unbranched alkanes of at least 4 members (excludes halogenated alkanes) is 9. The van der Waals surface area contributed by atoms with Crippen LogP contribution in [0, 0.1) is 0 Å². The molecule has 0 aromatic heterocycles. The van der Waals surface area contributed by atoms with E-state index in [1.54, 1.807) is 14.2 Å². The van der Waals surface area contributed by atoms with Gasteiger partial charge in [-0.15, -0.1) is 0 Å². The smallest absolute Gasteiger partial charge is 0.417 e. The molecule has 0 aliphatic rings. The molecule has 0 aliphatic heterocycles. The van der Waals surface area contributed by atoms with E-state index in [1.165, 1.54) is 57.8 Å². The van der Waals surface area contributed by atoms with Gasteiger partial charge in [0.2, 0.25) is 0 Å². The highest BCUT2D eigenvalue weighted by Crippen LogP contribution is 2.30. The summed E-state index contributed by atoms with van der Waals surface area (Å²) in [6.45, 7) is 22.6. The number of hydrogen-bond donors (Lipinski definition) is 0. The Morgan fingerprint density at radius 2 is 0.647 bits per heavy atom. The molecule has 0 radical (unpaired) electrons. The maximum atomic E-state index is 6.79. The maximum Gasteiger partial charge on any atom is 0.469 e. The van der Waals surface area contributed by atoms with Gasteiger partial charge >= 0.3 is 17.4 Å². The van der Waals surface area contributed by atoms with Crippen molar-refractivity contribution in [3.63, 3.8) is 0 Å². The van der Waals surface area contributed by atoms with Gasteiger partial charge in [-0.25, -0.2) is 0 Å². The third kappa shape index (κ3) is 19.1. The zero-order valence-corrected chi connectivity index (χ0v) is 30.0. The second-order valence-corrected chi connectivity index (χ2v) is 33.5. The molecule has 0 unspecified atom stereocenters. The molecule has 0 fully saturated rings. The van der Waals surface area contributed by atoms with Gasteiger partial charge in [0.05, 0.1) is 0 Å².